The molecule has 1 aliphatic rings. The summed E-state index contributed by atoms with van der Waals surface area (Å²) in [7, 11) is 0. The van der Waals surface area contributed by atoms with E-state index in [1.807, 2.05) is 18.2 Å². The molecule has 1 aromatic carbocycles. The van der Waals surface area contributed by atoms with Crippen LogP contribution in [-0.2, 0) is 6.54 Å². The van der Waals surface area contributed by atoms with Crippen molar-refractivity contribution >= 4 is 23.2 Å². The highest BCUT2D eigenvalue weighted by atomic mass is 35.5. The summed E-state index contributed by atoms with van der Waals surface area (Å²) in [4.78, 5) is 0. The molecule has 0 atom stereocenters. The van der Waals surface area contributed by atoms with Gasteiger partial charge in [-0.05, 0) is 37.8 Å². The highest BCUT2D eigenvalue weighted by Gasteiger charge is 2.34. The minimum atomic E-state index is 0.336. The van der Waals surface area contributed by atoms with Crippen molar-refractivity contribution in [2.75, 3.05) is 0 Å². The lowest BCUT2D eigenvalue weighted by atomic mass is 9.75. The molecule has 0 aliphatic heterocycles. The molecule has 1 aromatic rings. The van der Waals surface area contributed by atoms with Crippen molar-refractivity contribution in [2.45, 2.75) is 44.7 Å². The average Bonchev–Trinajstić information content (AvgIpc) is 2.20. The predicted molar refractivity (Wildman–Crippen MR) is 70.2 cm³/mol. The van der Waals surface area contributed by atoms with E-state index in [4.69, 9.17) is 23.2 Å². The summed E-state index contributed by atoms with van der Waals surface area (Å²) in [5.41, 5.74) is 1.35. The molecule has 0 heterocycles. The fourth-order valence-electron chi connectivity index (χ4n) is 2.24. The number of hydrogen-bond donors (Lipinski definition) is 1. The van der Waals surface area contributed by atoms with Crippen LogP contribution in [0.2, 0.25) is 10.0 Å². The van der Waals surface area contributed by atoms with Crippen molar-refractivity contribution < 1.29 is 0 Å². The Bertz CT molecular complexity index is 346. The fourth-order valence-corrected chi connectivity index (χ4v) is 2.77. The van der Waals surface area contributed by atoms with Crippen LogP contribution in [0.25, 0.3) is 0 Å². The normalized spacial score (nSPS) is 18.2. The molecule has 0 saturated heterocycles. The second kappa shape index (κ2) is 4.95. The van der Waals surface area contributed by atoms with Gasteiger partial charge in [0.2, 0.25) is 0 Å². The standard InChI is InChI=1S/C13H17Cl2N/c1-2-13(7-4-8-13)16-9-10-11(14)5-3-6-12(10)15/h3,5-6,16H,2,4,7-9H2,1H3. The molecule has 0 radical (unpaired) electrons. The summed E-state index contributed by atoms with van der Waals surface area (Å²) in [5, 5.41) is 5.12. The Labute approximate surface area is 107 Å². The molecular formula is C13H17Cl2N. The summed E-state index contributed by atoms with van der Waals surface area (Å²) in [5.74, 6) is 0. The van der Waals surface area contributed by atoms with E-state index in [2.05, 4.69) is 12.2 Å². The lowest BCUT2D eigenvalue weighted by Gasteiger charge is -2.42. The van der Waals surface area contributed by atoms with Gasteiger partial charge in [0.25, 0.3) is 0 Å². The Hall–Kier alpha value is -0.240. The van der Waals surface area contributed by atoms with Gasteiger partial charge in [-0.15, -0.1) is 0 Å². The smallest absolute Gasteiger partial charge is 0.0465 e. The summed E-state index contributed by atoms with van der Waals surface area (Å²) < 4.78 is 0. The first-order valence-electron chi connectivity index (χ1n) is 5.85. The van der Waals surface area contributed by atoms with Crippen LogP contribution in [0.3, 0.4) is 0 Å². The summed E-state index contributed by atoms with van der Waals surface area (Å²) in [6, 6.07) is 5.67. The van der Waals surface area contributed by atoms with Gasteiger partial charge in [0.1, 0.15) is 0 Å². The molecule has 16 heavy (non-hydrogen) atoms. The Morgan fingerprint density at radius 2 is 1.88 bits per heavy atom. The first kappa shape index (κ1) is 12.2. The Morgan fingerprint density at radius 1 is 1.25 bits per heavy atom. The third kappa shape index (κ3) is 2.37. The maximum Gasteiger partial charge on any atom is 0.0465 e. The quantitative estimate of drug-likeness (QED) is 0.843. The molecule has 2 rings (SSSR count). The number of hydrogen-bond acceptors (Lipinski definition) is 1. The van der Waals surface area contributed by atoms with Crippen LogP contribution in [0, 0.1) is 0 Å². The SMILES string of the molecule is CCC1(NCc2c(Cl)cccc2Cl)CCC1. The summed E-state index contributed by atoms with van der Waals surface area (Å²) in [6.07, 6.45) is 5.04. The first-order chi connectivity index (χ1) is 7.67. The van der Waals surface area contributed by atoms with E-state index in [1.54, 1.807) is 0 Å². The molecule has 3 heteroatoms. The molecule has 0 spiro atoms. The molecule has 1 aliphatic carbocycles. The Balaban J connectivity index is 2.04. The van der Waals surface area contributed by atoms with E-state index in [0.29, 0.717) is 5.54 Å². The zero-order valence-corrected chi connectivity index (χ0v) is 11.0. The number of rotatable bonds is 4. The lowest BCUT2D eigenvalue weighted by Crippen LogP contribution is -2.49. The van der Waals surface area contributed by atoms with Crippen LogP contribution in [0.5, 0.6) is 0 Å². The van der Waals surface area contributed by atoms with Crippen molar-refractivity contribution in [3.63, 3.8) is 0 Å². The molecule has 1 fully saturated rings. The van der Waals surface area contributed by atoms with E-state index < -0.39 is 0 Å². The van der Waals surface area contributed by atoms with Crippen LogP contribution in [0.4, 0.5) is 0 Å². The summed E-state index contributed by atoms with van der Waals surface area (Å²) in [6.45, 7) is 3.01. The van der Waals surface area contributed by atoms with Crippen LogP contribution < -0.4 is 5.32 Å². The van der Waals surface area contributed by atoms with Gasteiger partial charge in [0.15, 0.2) is 0 Å². The van der Waals surface area contributed by atoms with Gasteiger partial charge >= 0.3 is 0 Å². The van der Waals surface area contributed by atoms with Gasteiger partial charge in [-0.1, -0.05) is 36.2 Å². The number of nitrogens with one attached hydrogen (secondary N) is 1. The summed E-state index contributed by atoms with van der Waals surface area (Å²) >= 11 is 12.3. The maximum atomic E-state index is 6.14. The molecular weight excluding hydrogens is 241 g/mol. The van der Waals surface area contributed by atoms with Gasteiger partial charge in [0.05, 0.1) is 0 Å². The number of halogens is 2. The van der Waals surface area contributed by atoms with E-state index in [1.165, 1.54) is 25.7 Å². The van der Waals surface area contributed by atoms with Crippen LogP contribution in [0.15, 0.2) is 18.2 Å². The monoisotopic (exact) mass is 257 g/mol. The van der Waals surface area contributed by atoms with Crippen LogP contribution in [-0.4, -0.2) is 5.54 Å². The Morgan fingerprint density at radius 3 is 2.31 bits per heavy atom. The largest absolute Gasteiger partial charge is 0.307 e. The van der Waals surface area contributed by atoms with Crippen molar-refractivity contribution in [3.05, 3.63) is 33.8 Å². The molecule has 0 unspecified atom stereocenters. The van der Waals surface area contributed by atoms with Crippen molar-refractivity contribution in [1.82, 2.24) is 5.32 Å². The van der Waals surface area contributed by atoms with Gasteiger partial charge in [-0.2, -0.15) is 0 Å². The van der Waals surface area contributed by atoms with Crippen LogP contribution in [0.1, 0.15) is 38.2 Å². The van der Waals surface area contributed by atoms with E-state index in [-0.39, 0.29) is 0 Å². The minimum absolute atomic E-state index is 0.336. The molecule has 0 amide bonds. The molecule has 1 nitrogen and oxygen atoms in total. The third-order valence-corrected chi connectivity index (χ3v) is 4.40. The molecule has 88 valence electrons. The fraction of sp³-hybridized carbons (Fsp3) is 0.538. The Kier molecular flexibility index (Phi) is 3.78. The van der Waals surface area contributed by atoms with Gasteiger partial charge in [-0.3, -0.25) is 0 Å². The highest BCUT2D eigenvalue weighted by molar-refractivity contribution is 6.35. The highest BCUT2D eigenvalue weighted by Crippen LogP contribution is 2.35. The zero-order chi connectivity index (χ0) is 11.6. The predicted octanol–water partition coefficient (Wildman–Crippen LogP) is 4.42. The third-order valence-electron chi connectivity index (χ3n) is 3.69. The van der Waals surface area contributed by atoms with Crippen molar-refractivity contribution in [1.29, 1.82) is 0 Å². The topological polar surface area (TPSA) is 12.0 Å². The van der Waals surface area contributed by atoms with E-state index >= 15 is 0 Å². The molecule has 0 aromatic heterocycles. The van der Waals surface area contributed by atoms with E-state index in [9.17, 15) is 0 Å². The lowest BCUT2D eigenvalue weighted by molar-refractivity contribution is 0.175. The van der Waals surface area contributed by atoms with Gasteiger partial charge < -0.3 is 5.32 Å². The second-order valence-corrected chi connectivity index (χ2v) is 5.36. The van der Waals surface area contributed by atoms with Gasteiger partial charge in [0, 0.05) is 27.7 Å². The van der Waals surface area contributed by atoms with Crippen molar-refractivity contribution in [2.24, 2.45) is 0 Å². The second-order valence-electron chi connectivity index (χ2n) is 4.54. The first-order valence-corrected chi connectivity index (χ1v) is 6.60. The minimum Gasteiger partial charge on any atom is -0.307 e. The molecule has 1 N–H and O–H groups in total. The average molecular weight is 258 g/mol. The van der Waals surface area contributed by atoms with Gasteiger partial charge in [-0.25, -0.2) is 0 Å². The maximum absolute atomic E-state index is 6.14. The van der Waals surface area contributed by atoms with E-state index in [0.717, 1.165) is 22.2 Å². The van der Waals surface area contributed by atoms with Crippen molar-refractivity contribution in [3.8, 4) is 0 Å². The number of benzene rings is 1. The molecule has 0 bridgehead atoms. The van der Waals surface area contributed by atoms with Crippen LogP contribution >= 0.6 is 23.2 Å². The zero-order valence-electron chi connectivity index (χ0n) is 9.52. The molecule has 1 saturated carbocycles.